The Balaban J connectivity index is 1.55. The summed E-state index contributed by atoms with van der Waals surface area (Å²) in [6.45, 7) is 0.299. The minimum Gasteiger partial charge on any atom is -0.379 e. The Morgan fingerprint density at radius 1 is 1.08 bits per heavy atom. The highest BCUT2D eigenvalue weighted by Crippen LogP contribution is 2.26. The van der Waals surface area contributed by atoms with E-state index in [1.165, 1.54) is 12.1 Å². The van der Waals surface area contributed by atoms with Crippen molar-refractivity contribution in [3.05, 3.63) is 33.9 Å². The molecule has 2 aliphatic carbocycles. The second-order valence-corrected chi connectivity index (χ2v) is 6.96. The Morgan fingerprint density at radius 2 is 1.77 bits per heavy atom. The van der Waals surface area contributed by atoms with Crippen molar-refractivity contribution in [1.29, 1.82) is 0 Å². The summed E-state index contributed by atoms with van der Waals surface area (Å²) in [6.07, 6.45) is 6.50. The van der Waals surface area contributed by atoms with Crippen LogP contribution in [0.3, 0.4) is 0 Å². The zero-order valence-corrected chi connectivity index (χ0v) is 14.6. The number of nitrogens with zero attached hydrogens (tertiary/aromatic N) is 1. The minimum atomic E-state index is -0.519. The lowest BCUT2D eigenvalue weighted by Crippen LogP contribution is -2.33. The molecule has 0 spiro atoms. The van der Waals surface area contributed by atoms with Gasteiger partial charge in [0.15, 0.2) is 0 Å². The standard InChI is InChI=1S/C18H24N4O4/c23-17(20-13-3-1-2-4-13)9-10-19-15-8-5-12(11-16(15)22(25)26)18(24)21-14-6-7-14/h5,8,11,13-14,19H,1-4,6-7,9-10H2,(H,20,23)(H,21,24). The van der Waals surface area contributed by atoms with Gasteiger partial charge in [0.2, 0.25) is 5.91 Å². The van der Waals surface area contributed by atoms with Crippen LogP contribution in [0, 0.1) is 10.1 Å². The normalized spacial score (nSPS) is 16.9. The Labute approximate surface area is 151 Å². The SMILES string of the molecule is O=C(CCNc1ccc(C(=O)NC2CC2)cc1[N+](=O)[O-])NC1CCCC1. The number of anilines is 1. The smallest absolute Gasteiger partial charge is 0.293 e. The molecule has 0 aliphatic heterocycles. The van der Waals surface area contributed by atoms with Crippen molar-refractivity contribution in [3.8, 4) is 0 Å². The molecule has 0 saturated heterocycles. The van der Waals surface area contributed by atoms with Crippen molar-refractivity contribution in [2.45, 2.75) is 57.0 Å². The van der Waals surface area contributed by atoms with Crippen LogP contribution in [0.1, 0.15) is 55.3 Å². The Bertz CT molecular complexity index is 696. The zero-order chi connectivity index (χ0) is 18.5. The van der Waals surface area contributed by atoms with Gasteiger partial charge in [-0.25, -0.2) is 0 Å². The number of nitro groups is 1. The molecule has 2 aliphatic rings. The highest BCUT2D eigenvalue weighted by molar-refractivity contribution is 5.96. The van der Waals surface area contributed by atoms with Crippen LogP contribution in [-0.2, 0) is 4.79 Å². The Hall–Kier alpha value is -2.64. The van der Waals surface area contributed by atoms with Crippen LogP contribution in [0.5, 0.6) is 0 Å². The molecule has 0 unspecified atom stereocenters. The molecular formula is C18H24N4O4. The van der Waals surface area contributed by atoms with Crippen molar-refractivity contribution in [2.75, 3.05) is 11.9 Å². The van der Waals surface area contributed by atoms with Crippen LogP contribution in [0.2, 0.25) is 0 Å². The van der Waals surface area contributed by atoms with Crippen LogP contribution in [0.4, 0.5) is 11.4 Å². The molecule has 0 radical (unpaired) electrons. The van der Waals surface area contributed by atoms with Gasteiger partial charge in [-0.3, -0.25) is 19.7 Å². The molecule has 3 rings (SSSR count). The van der Waals surface area contributed by atoms with Gasteiger partial charge in [0.25, 0.3) is 11.6 Å². The van der Waals surface area contributed by atoms with E-state index in [9.17, 15) is 19.7 Å². The summed E-state index contributed by atoms with van der Waals surface area (Å²) < 4.78 is 0. The summed E-state index contributed by atoms with van der Waals surface area (Å²) in [4.78, 5) is 34.8. The molecule has 0 bridgehead atoms. The predicted molar refractivity (Wildman–Crippen MR) is 97.1 cm³/mol. The van der Waals surface area contributed by atoms with Gasteiger partial charge in [-0.1, -0.05) is 12.8 Å². The third-order valence-electron chi connectivity index (χ3n) is 4.76. The number of carbonyl (C=O) groups is 2. The fraction of sp³-hybridized carbons (Fsp3) is 0.556. The summed E-state index contributed by atoms with van der Waals surface area (Å²) in [7, 11) is 0. The maximum atomic E-state index is 12.0. The van der Waals surface area contributed by atoms with E-state index in [2.05, 4.69) is 16.0 Å². The largest absolute Gasteiger partial charge is 0.379 e. The first-order valence-electron chi connectivity index (χ1n) is 9.15. The summed E-state index contributed by atoms with van der Waals surface area (Å²) in [5.74, 6) is -0.342. The highest BCUT2D eigenvalue weighted by atomic mass is 16.6. The van der Waals surface area contributed by atoms with Crippen LogP contribution < -0.4 is 16.0 Å². The molecule has 0 atom stereocenters. The van der Waals surface area contributed by atoms with Gasteiger partial charge in [0.05, 0.1) is 4.92 Å². The number of rotatable bonds is 8. The zero-order valence-electron chi connectivity index (χ0n) is 14.6. The van der Waals surface area contributed by atoms with Crippen LogP contribution in [-0.4, -0.2) is 35.4 Å². The van der Waals surface area contributed by atoms with Crippen molar-refractivity contribution in [2.24, 2.45) is 0 Å². The average Bonchev–Trinajstić information content (AvgIpc) is 3.27. The fourth-order valence-electron chi connectivity index (χ4n) is 3.15. The van der Waals surface area contributed by atoms with E-state index in [0.717, 1.165) is 38.5 Å². The number of amides is 2. The van der Waals surface area contributed by atoms with Gasteiger partial charge in [0, 0.05) is 36.7 Å². The molecule has 8 heteroatoms. The molecule has 0 aromatic heterocycles. The molecular weight excluding hydrogens is 336 g/mol. The molecule has 0 heterocycles. The second-order valence-electron chi connectivity index (χ2n) is 6.96. The Morgan fingerprint density at radius 3 is 2.42 bits per heavy atom. The first-order chi connectivity index (χ1) is 12.5. The number of hydrogen-bond donors (Lipinski definition) is 3. The predicted octanol–water partition coefficient (Wildman–Crippen LogP) is 2.35. The fourth-order valence-corrected chi connectivity index (χ4v) is 3.15. The second kappa shape index (κ2) is 8.16. The molecule has 8 nitrogen and oxygen atoms in total. The van der Waals surface area contributed by atoms with Crippen molar-refractivity contribution < 1.29 is 14.5 Å². The van der Waals surface area contributed by atoms with E-state index in [4.69, 9.17) is 0 Å². The maximum Gasteiger partial charge on any atom is 0.293 e. The lowest BCUT2D eigenvalue weighted by molar-refractivity contribution is -0.384. The van der Waals surface area contributed by atoms with Crippen molar-refractivity contribution in [1.82, 2.24) is 10.6 Å². The maximum absolute atomic E-state index is 12.0. The number of hydrogen-bond acceptors (Lipinski definition) is 5. The first-order valence-corrected chi connectivity index (χ1v) is 9.15. The monoisotopic (exact) mass is 360 g/mol. The van der Waals surface area contributed by atoms with Gasteiger partial charge in [0.1, 0.15) is 5.69 Å². The first kappa shape index (κ1) is 18.2. The molecule has 1 aromatic rings. The molecule has 140 valence electrons. The Kier molecular flexibility index (Phi) is 5.70. The number of nitrogens with one attached hydrogen (secondary N) is 3. The summed E-state index contributed by atoms with van der Waals surface area (Å²) in [6, 6.07) is 4.82. The average molecular weight is 360 g/mol. The lowest BCUT2D eigenvalue weighted by Gasteiger charge is -2.12. The third-order valence-corrected chi connectivity index (χ3v) is 4.76. The van der Waals surface area contributed by atoms with Gasteiger partial charge in [-0.15, -0.1) is 0 Å². The summed E-state index contributed by atoms with van der Waals surface area (Å²) >= 11 is 0. The lowest BCUT2D eigenvalue weighted by atomic mass is 10.1. The topological polar surface area (TPSA) is 113 Å². The highest BCUT2D eigenvalue weighted by Gasteiger charge is 2.25. The van der Waals surface area contributed by atoms with E-state index < -0.39 is 4.92 Å². The van der Waals surface area contributed by atoms with E-state index in [1.54, 1.807) is 6.07 Å². The van der Waals surface area contributed by atoms with Crippen LogP contribution in [0.25, 0.3) is 0 Å². The number of benzene rings is 1. The third kappa shape index (κ3) is 4.93. The van der Waals surface area contributed by atoms with Gasteiger partial charge in [-0.2, -0.15) is 0 Å². The van der Waals surface area contributed by atoms with E-state index in [0.29, 0.717) is 12.2 Å². The van der Waals surface area contributed by atoms with E-state index >= 15 is 0 Å². The molecule has 1 aromatic carbocycles. The molecule has 2 saturated carbocycles. The molecule has 2 fully saturated rings. The van der Waals surface area contributed by atoms with Crippen LogP contribution in [0.15, 0.2) is 18.2 Å². The summed E-state index contributed by atoms with van der Waals surface area (Å²) in [5, 5.41) is 20.0. The van der Waals surface area contributed by atoms with E-state index in [-0.39, 0.29) is 41.6 Å². The minimum absolute atomic E-state index is 0.0486. The van der Waals surface area contributed by atoms with Gasteiger partial charge >= 0.3 is 0 Å². The quantitative estimate of drug-likeness (QED) is 0.486. The number of carbonyl (C=O) groups excluding carboxylic acids is 2. The summed E-state index contributed by atoms with van der Waals surface area (Å²) in [5.41, 5.74) is 0.421. The van der Waals surface area contributed by atoms with E-state index in [1.807, 2.05) is 0 Å². The molecule has 3 N–H and O–H groups in total. The van der Waals surface area contributed by atoms with Gasteiger partial charge < -0.3 is 16.0 Å². The molecule has 26 heavy (non-hydrogen) atoms. The van der Waals surface area contributed by atoms with Crippen molar-refractivity contribution in [3.63, 3.8) is 0 Å². The number of nitro benzene ring substituents is 1. The van der Waals surface area contributed by atoms with Crippen LogP contribution >= 0.6 is 0 Å². The van der Waals surface area contributed by atoms with Crippen molar-refractivity contribution >= 4 is 23.2 Å². The molecule has 2 amide bonds. The van der Waals surface area contributed by atoms with Gasteiger partial charge in [-0.05, 0) is 37.8 Å².